The van der Waals surface area contributed by atoms with Crippen LogP contribution in [0.15, 0.2) is 133 Å². The van der Waals surface area contributed by atoms with Crippen LogP contribution in [0, 0.1) is 0 Å². The van der Waals surface area contributed by atoms with Crippen molar-refractivity contribution in [3.05, 3.63) is 133 Å². The van der Waals surface area contributed by atoms with Crippen molar-refractivity contribution in [2.75, 3.05) is 13.2 Å². The third-order valence-electron chi connectivity index (χ3n) is 12.0. The van der Waals surface area contributed by atoms with Gasteiger partial charge in [-0.15, -0.1) is 0 Å². The van der Waals surface area contributed by atoms with Gasteiger partial charge >= 0.3 is 0 Å². The van der Waals surface area contributed by atoms with Gasteiger partial charge in [-0.2, -0.15) is 0 Å². The van der Waals surface area contributed by atoms with E-state index in [-0.39, 0.29) is 29.2 Å². The van der Waals surface area contributed by atoms with Crippen LogP contribution in [0.2, 0.25) is 10.1 Å². The Kier molecular flexibility index (Phi) is 20.2. The van der Waals surface area contributed by atoms with Crippen molar-refractivity contribution in [2.45, 2.75) is 154 Å². The average Bonchev–Trinajstić information content (AvgIpc) is 3.25. The third kappa shape index (κ3) is 13.5. The minimum atomic E-state index is -3.10. The number of unbranched alkanes of at least 4 members (excludes halogenated alkanes) is 12. The Hall–Kier alpha value is -3.60. The minimum Gasteiger partial charge on any atom is -0.405 e. The largest absolute Gasteiger partial charge is 0.405 e. The van der Waals surface area contributed by atoms with Crippen LogP contribution in [0.3, 0.4) is 0 Å². The van der Waals surface area contributed by atoms with Gasteiger partial charge in [0.15, 0.2) is 0 Å². The molecule has 0 unspecified atom stereocenters. The molecule has 0 bridgehead atoms. The van der Waals surface area contributed by atoms with Crippen molar-refractivity contribution in [1.82, 2.24) is 5.32 Å². The molecule has 4 aromatic carbocycles. The molecule has 2 N–H and O–H groups in total. The summed E-state index contributed by atoms with van der Waals surface area (Å²) in [7, 11) is -6.02. The number of hydrogen-bond donors (Lipinski definition) is 2. The molecule has 0 fully saturated rings. The molecular weight excluding hydrogens is 771 g/mol. The number of aliphatic hydroxyl groups is 1. The molecule has 4 rings (SSSR count). The molecule has 2 atom stereocenters. The normalized spacial score (nSPS) is 13.7. The van der Waals surface area contributed by atoms with Crippen LogP contribution in [0.5, 0.6) is 0 Å². The Labute approximate surface area is 366 Å². The number of amides is 1. The second-order valence-electron chi connectivity index (χ2n) is 18.7. The van der Waals surface area contributed by atoms with E-state index in [1.807, 2.05) is 30.3 Å². The van der Waals surface area contributed by atoms with Gasteiger partial charge in [-0.1, -0.05) is 253 Å². The van der Waals surface area contributed by atoms with E-state index < -0.39 is 28.8 Å². The highest BCUT2D eigenvalue weighted by Crippen LogP contribution is 2.39. The van der Waals surface area contributed by atoms with Gasteiger partial charge in [0, 0.05) is 0 Å². The lowest BCUT2D eigenvalue weighted by Crippen LogP contribution is -2.69. The van der Waals surface area contributed by atoms with Crippen molar-refractivity contribution < 1.29 is 18.8 Å². The number of aliphatic hydroxyl groups excluding tert-OH is 1. The van der Waals surface area contributed by atoms with Gasteiger partial charge in [0.1, 0.15) is 6.10 Å². The first kappa shape index (κ1) is 49.1. The van der Waals surface area contributed by atoms with Gasteiger partial charge < -0.3 is 19.3 Å². The first-order chi connectivity index (χ1) is 28.9. The third-order valence-corrected chi connectivity index (χ3v) is 22.0. The molecule has 326 valence electrons. The smallest absolute Gasteiger partial charge is 0.262 e. The zero-order valence-corrected chi connectivity index (χ0v) is 40.1. The monoisotopic (exact) mass is 848 g/mol. The van der Waals surface area contributed by atoms with Gasteiger partial charge in [-0.05, 0) is 43.7 Å². The first-order valence-electron chi connectivity index (χ1n) is 23.0. The van der Waals surface area contributed by atoms with E-state index in [2.05, 4.69) is 157 Å². The fraction of sp³-hybridized carbons (Fsp3) is 0.491. The number of hydrogen-bond acceptors (Lipinski definition) is 4. The lowest BCUT2D eigenvalue weighted by atomic mass is 10.0. The molecule has 4 aromatic rings. The van der Waals surface area contributed by atoms with Crippen molar-refractivity contribution in [2.24, 2.45) is 0 Å². The van der Waals surface area contributed by atoms with Crippen molar-refractivity contribution >= 4 is 43.3 Å². The molecule has 0 saturated carbocycles. The van der Waals surface area contributed by atoms with Gasteiger partial charge in [0.25, 0.3) is 22.5 Å². The summed E-state index contributed by atoms with van der Waals surface area (Å²) in [5.41, 5.74) is 0. The van der Waals surface area contributed by atoms with E-state index in [0.29, 0.717) is 0 Å². The summed E-state index contributed by atoms with van der Waals surface area (Å²) in [6.45, 7) is 15.6. The van der Waals surface area contributed by atoms with E-state index in [1.54, 1.807) is 0 Å². The van der Waals surface area contributed by atoms with Crippen molar-refractivity contribution in [3.63, 3.8) is 0 Å². The molecule has 0 spiro atoms. The first-order valence-corrected chi connectivity index (χ1v) is 26.8. The van der Waals surface area contributed by atoms with Crippen LogP contribution in [0.4, 0.5) is 0 Å². The highest BCUT2D eigenvalue weighted by atomic mass is 28.4. The molecule has 0 radical (unpaired) electrons. The van der Waals surface area contributed by atoms with Crippen molar-refractivity contribution in [3.8, 4) is 0 Å². The summed E-state index contributed by atoms with van der Waals surface area (Å²) in [5.74, 6) is -0.265. The molecule has 5 nitrogen and oxygen atoms in total. The number of carbonyl (C=O) groups excluding carboxylic acids is 1. The molecule has 0 heterocycles. The topological polar surface area (TPSA) is 67.8 Å². The number of allylic oxidation sites excluding steroid dienone is 1. The maximum absolute atomic E-state index is 14.8. The maximum Gasteiger partial charge on any atom is 0.262 e. The maximum atomic E-state index is 14.8. The Morgan fingerprint density at radius 1 is 0.583 bits per heavy atom. The molecule has 1 amide bonds. The Bertz CT molecular complexity index is 1710. The van der Waals surface area contributed by atoms with Gasteiger partial charge in [-0.25, -0.2) is 0 Å². The Morgan fingerprint density at radius 3 is 1.32 bits per heavy atom. The molecular formula is C53H77NO4Si2. The Morgan fingerprint density at radius 2 is 0.950 bits per heavy atom. The van der Waals surface area contributed by atoms with Gasteiger partial charge in [0.05, 0.1) is 19.3 Å². The number of nitrogens with one attached hydrogen (secondary N) is 1. The van der Waals surface area contributed by atoms with E-state index in [0.717, 1.165) is 33.6 Å². The quantitative estimate of drug-likeness (QED) is 0.0375. The van der Waals surface area contributed by atoms with Crippen molar-refractivity contribution in [1.29, 1.82) is 0 Å². The lowest BCUT2D eigenvalue weighted by Gasteiger charge is -2.45. The van der Waals surface area contributed by atoms with Gasteiger partial charge in [0.2, 0.25) is 0 Å². The molecule has 0 aliphatic rings. The summed E-state index contributed by atoms with van der Waals surface area (Å²) in [6.07, 6.45) is 19.8. The fourth-order valence-corrected chi connectivity index (χ4v) is 18.0. The van der Waals surface area contributed by atoms with E-state index in [9.17, 15) is 9.90 Å². The second kappa shape index (κ2) is 24.7. The molecule has 0 saturated heterocycles. The number of benzene rings is 4. The van der Waals surface area contributed by atoms with Crippen LogP contribution in [-0.2, 0) is 13.6 Å². The summed E-state index contributed by atoms with van der Waals surface area (Å²) in [4.78, 5) is 14.8. The summed E-state index contributed by atoms with van der Waals surface area (Å²) in [5, 5.41) is 18.1. The lowest BCUT2D eigenvalue weighted by molar-refractivity contribution is -0.127. The molecule has 7 heteroatoms. The van der Waals surface area contributed by atoms with E-state index >= 15 is 0 Å². The number of carbonyl (C=O) groups is 1. The van der Waals surface area contributed by atoms with E-state index in [1.165, 1.54) is 70.6 Å². The average molecular weight is 848 g/mol. The summed E-state index contributed by atoms with van der Waals surface area (Å²) < 4.78 is 14.7. The molecule has 0 aliphatic heterocycles. The standard InChI is InChI=1S/C53H77NO4Si2/c1-8-9-10-11-12-13-14-15-16-17-18-19-20-33-42-50(58-60(53(5,6)7,48-38-29-23-30-39-48)49-40-31-24-32-41-49)51(56)54-45(43-55)44-57-59(52(2,3)4,46-34-25-21-26-35-46)47-36-27-22-28-37-47/h21-42,45,50,55H,8-20,43-44H2,1-7H3,(H,54,56)/b42-33+/t45-,50+/m1/s1. The predicted octanol–water partition coefficient (Wildman–Crippen LogP) is 10.6. The van der Waals surface area contributed by atoms with Gasteiger partial charge in [-0.3, -0.25) is 4.79 Å². The highest BCUT2D eigenvalue weighted by Gasteiger charge is 2.53. The van der Waals surface area contributed by atoms with E-state index in [4.69, 9.17) is 8.85 Å². The molecule has 0 aliphatic carbocycles. The zero-order chi connectivity index (χ0) is 43.3. The summed E-state index contributed by atoms with van der Waals surface area (Å²) in [6, 6.07) is 41.3. The Balaban J connectivity index is 1.58. The van der Waals surface area contributed by atoms with Crippen LogP contribution >= 0.6 is 0 Å². The highest BCUT2D eigenvalue weighted by molar-refractivity contribution is 7.00. The van der Waals surface area contributed by atoms with Crippen LogP contribution < -0.4 is 26.1 Å². The van der Waals surface area contributed by atoms with Crippen LogP contribution in [0.1, 0.15) is 132 Å². The number of rotatable bonds is 26. The summed E-state index contributed by atoms with van der Waals surface area (Å²) >= 11 is 0. The minimum absolute atomic E-state index is 0.157. The zero-order valence-electron chi connectivity index (χ0n) is 38.1. The second-order valence-corrected chi connectivity index (χ2v) is 27.2. The van der Waals surface area contributed by atoms with Crippen LogP contribution in [0.25, 0.3) is 0 Å². The SMILES string of the molecule is CCCCCCCCCCCCCC/C=C/[C@H](O[Si](c1ccccc1)(c1ccccc1)C(C)(C)C)C(=O)N[C@H](CO)CO[Si](c1ccccc1)(c1ccccc1)C(C)(C)C. The molecule has 0 aromatic heterocycles. The predicted molar refractivity (Wildman–Crippen MR) is 260 cm³/mol. The van der Waals surface area contributed by atoms with Crippen LogP contribution in [-0.4, -0.2) is 53.0 Å². The fourth-order valence-electron chi connectivity index (χ4n) is 8.80. The molecule has 60 heavy (non-hydrogen) atoms.